The fourth-order valence-corrected chi connectivity index (χ4v) is 4.52. The van der Waals surface area contributed by atoms with E-state index < -0.39 is 0 Å². The molecule has 2 aliphatic rings. The number of likely N-dealkylation sites (tertiary alicyclic amines) is 1. The van der Waals surface area contributed by atoms with Gasteiger partial charge in [-0.3, -0.25) is 0 Å². The van der Waals surface area contributed by atoms with Crippen LogP contribution in [-0.2, 0) is 0 Å². The number of piperidine rings is 1. The standard InChI is InChI=1S/C22H33ClN2O2/c1-24(22(26)27-21-11-9-20(23)10-12-21)17-19-7-5-18(6-8-19)13-16-25-14-3-2-4-15-25/h9-12,18-19H,2-8,13-17H2,1H3/t18-,19-. The topological polar surface area (TPSA) is 32.8 Å². The highest BCUT2D eigenvalue weighted by atomic mass is 35.5. The molecule has 3 rings (SSSR count). The molecule has 1 saturated heterocycles. The highest BCUT2D eigenvalue weighted by Crippen LogP contribution is 2.31. The van der Waals surface area contributed by atoms with E-state index in [1.165, 1.54) is 71.0 Å². The van der Waals surface area contributed by atoms with Crippen LogP contribution >= 0.6 is 11.6 Å². The molecule has 150 valence electrons. The van der Waals surface area contributed by atoms with Crippen LogP contribution < -0.4 is 4.74 Å². The Balaban J connectivity index is 1.34. The molecule has 0 bridgehead atoms. The lowest BCUT2D eigenvalue weighted by atomic mass is 9.80. The minimum absolute atomic E-state index is 0.287. The Kier molecular flexibility index (Phi) is 7.83. The second kappa shape index (κ2) is 10.3. The molecule has 0 aromatic heterocycles. The van der Waals surface area contributed by atoms with Crippen LogP contribution in [0.25, 0.3) is 0 Å². The van der Waals surface area contributed by atoms with Crippen molar-refractivity contribution in [2.45, 2.75) is 51.4 Å². The van der Waals surface area contributed by atoms with Crippen LogP contribution in [0.5, 0.6) is 5.75 Å². The molecule has 1 aromatic rings. The molecule has 0 spiro atoms. The van der Waals surface area contributed by atoms with E-state index in [1.54, 1.807) is 29.2 Å². The summed E-state index contributed by atoms with van der Waals surface area (Å²) in [5.41, 5.74) is 0. The van der Waals surface area contributed by atoms with Gasteiger partial charge in [-0.15, -0.1) is 0 Å². The average molecular weight is 393 g/mol. The van der Waals surface area contributed by atoms with Crippen LogP contribution in [0.15, 0.2) is 24.3 Å². The van der Waals surface area contributed by atoms with Gasteiger partial charge in [-0.1, -0.05) is 30.9 Å². The molecule has 2 fully saturated rings. The van der Waals surface area contributed by atoms with Crippen molar-refractivity contribution < 1.29 is 9.53 Å². The molecule has 4 nitrogen and oxygen atoms in total. The third-order valence-corrected chi connectivity index (χ3v) is 6.38. The molecule has 1 aliphatic heterocycles. The summed E-state index contributed by atoms with van der Waals surface area (Å²) in [5, 5.41) is 0.639. The first-order chi connectivity index (χ1) is 13.1. The molecule has 1 heterocycles. The normalized spacial score (nSPS) is 23.8. The van der Waals surface area contributed by atoms with Gasteiger partial charge < -0.3 is 14.5 Å². The highest BCUT2D eigenvalue weighted by Gasteiger charge is 2.24. The predicted octanol–water partition coefficient (Wildman–Crippen LogP) is 5.45. The summed E-state index contributed by atoms with van der Waals surface area (Å²) in [7, 11) is 1.83. The fourth-order valence-electron chi connectivity index (χ4n) is 4.39. The number of carbonyl (C=O) groups excluding carboxylic acids is 1. The summed E-state index contributed by atoms with van der Waals surface area (Å²) in [6, 6.07) is 6.91. The van der Waals surface area contributed by atoms with E-state index in [0.717, 1.165) is 12.5 Å². The molecule has 1 aromatic carbocycles. The van der Waals surface area contributed by atoms with Crippen molar-refractivity contribution in [2.75, 3.05) is 33.2 Å². The predicted molar refractivity (Wildman–Crippen MR) is 110 cm³/mol. The lowest BCUT2D eigenvalue weighted by Crippen LogP contribution is -2.36. The molecule has 5 heteroatoms. The Morgan fingerprint density at radius 1 is 1.07 bits per heavy atom. The Bertz CT molecular complexity index is 578. The maximum Gasteiger partial charge on any atom is 0.414 e. The smallest absolute Gasteiger partial charge is 0.410 e. The molecular formula is C22H33ClN2O2. The number of carbonyl (C=O) groups is 1. The summed E-state index contributed by atoms with van der Waals surface area (Å²) in [4.78, 5) is 16.6. The number of nitrogens with zero attached hydrogens (tertiary/aromatic N) is 2. The zero-order valence-corrected chi connectivity index (χ0v) is 17.3. The second-order valence-electron chi connectivity index (χ2n) is 8.28. The number of benzene rings is 1. The number of amides is 1. The van der Waals surface area contributed by atoms with Crippen molar-refractivity contribution in [1.82, 2.24) is 9.80 Å². The van der Waals surface area contributed by atoms with E-state index in [0.29, 0.717) is 16.7 Å². The van der Waals surface area contributed by atoms with Crippen LogP contribution in [0.2, 0.25) is 5.02 Å². The molecule has 1 amide bonds. The van der Waals surface area contributed by atoms with Crippen molar-refractivity contribution in [3.63, 3.8) is 0 Å². The second-order valence-corrected chi connectivity index (χ2v) is 8.72. The van der Waals surface area contributed by atoms with Crippen molar-refractivity contribution in [3.05, 3.63) is 29.3 Å². The molecule has 0 unspecified atom stereocenters. The van der Waals surface area contributed by atoms with Gasteiger partial charge in [-0.05, 0) is 87.8 Å². The first-order valence-electron chi connectivity index (χ1n) is 10.5. The van der Waals surface area contributed by atoms with E-state index in [2.05, 4.69) is 4.90 Å². The van der Waals surface area contributed by atoms with E-state index >= 15 is 0 Å². The summed E-state index contributed by atoms with van der Waals surface area (Å²) in [6.45, 7) is 4.67. The van der Waals surface area contributed by atoms with Gasteiger partial charge in [0.15, 0.2) is 0 Å². The molecule has 0 radical (unpaired) electrons. The zero-order chi connectivity index (χ0) is 19.1. The van der Waals surface area contributed by atoms with Gasteiger partial charge in [0.1, 0.15) is 5.75 Å². The molecule has 0 atom stereocenters. The van der Waals surface area contributed by atoms with Gasteiger partial charge in [0.2, 0.25) is 0 Å². The summed E-state index contributed by atoms with van der Waals surface area (Å²) < 4.78 is 5.42. The molecule has 1 saturated carbocycles. The molecule has 0 N–H and O–H groups in total. The maximum absolute atomic E-state index is 12.3. The van der Waals surface area contributed by atoms with Crippen molar-refractivity contribution in [3.8, 4) is 5.75 Å². The fraction of sp³-hybridized carbons (Fsp3) is 0.682. The lowest BCUT2D eigenvalue weighted by Gasteiger charge is -2.33. The quantitative estimate of drug-likeness (QED) is 0.645. The monoisotopic (exact) mass is 392 g/mol. The summed E-state index contributed by atoms with van der Waals surface area (Å²) in [5.74, 6) is 2.01. The Morgan fingerprint density at radius 3 is 2.37 bits per heavy atom. The van der Waals surface area contributed by atoms with E-state index in [4.69, 9.17) is 16.3 Å². The number of rotatable bonds is 6. The molecular weight excluding hydrogens is 360 g/mol. The highest BCUT2D eigenvalue weighted by molar-refractivity contribution is 6.30. The van der Waals surface area contributed by atoms with Gasteiger partial charge in [-0.25, -0.2) is 4.79 Å². The van der Waals surface area contributed by atoms with Crippen molar-refractivity contribution >= 4 is 17.7 Å². The van der Waals surface area contributed by atoms with Crippen LogP contribution in [-0.4, -0.2) is 49.1 Å². The van der Waals surface area contributed by atoms with Crippen molar-refractivity contribution in [2.24, 2.45) is 11.8 Å². The van der Waals surface area contributed by atoms with Gasteiger partial charge >= 0.3 is 6.09 Å². The van der Waals surface area contributed by atoms with E-state index in [-0.39, 0.29) is 6.09 Å². The van der Waals surface area contributed by atoms with Gasteiger partial charge in [-0.2, -0.15) is 0 Å². The number of hydrogen-bond acceptors (Lipinski definition) is 3. The lowest BCUT2D eigenvalue weighted by molar-refractivity contribution is 0.141. The largest absolute Gasteiger partial charge is 0.414 e. The minimum Gasteiger partial charge on any atom is -0.410 e. The summed E-state index contributed by atoms with van der Waals surface area (Å²) >= 11 is 5.86. The van der Waals surface area contributed by atoms with Gasteiger partial charge in [0, 0.05) is 18.6 Å². The third-order valence-electron chi connectivity index (χ3n) is 6.13. The van der Waals surface area contributed by atoms with Crippen molar-refractivity contribution in [1.29, 1.82) is 0 Å². The molecule has 27 heavy (non-hydrogen) atoms. The SMILES string of the molecule is CN(C[C@H]1CC[C@H](CCN2CCCCC2)CC1)C(=O)Oc1ccc(Cl)cc1. The first kappa shape index (κ1) is 20.5. The first-order valence-corrected chi connectivity index (χ1v) is 10.9. The van der Waals surface area contributed by atoms with Gasteiger partial charge in [0.05, 0.1) is 0 Å². The minimum atomic E-state index is -0.287. The van der Waals surface area contributed by atoms with Crippen LogP contribution in [0.4, 0.5) is 4.79 Å². The van der Waals surface area contributed by atoms with Crippen LogP contribution in [0.3, 0.4) is 0 Å². The number of ether oxygens (including phenoxy) is 1. The van der Waals surface area contributed by atoms with E-state index in [9.17, 15) is 4.79 Å². The molecule has 1 aliphatic carbocycles. The summed E-state index contributed by atoms with van der Waals surface area (Å²) in [6.07, 6.45) is 10.3. The van der Waals surface area contributed by atoms with Crippen LogP contribution in [0.1, 0.15) is 51.4 Å². The number of hydrogen-bond donors (Lipinski definition) is 0. The van der Waals surface area contributed by atoms with Crippen LogP contribution in [0, 0.1) is 11.8 Å². The third kappa shape index (κ3) is 6.69. The Hall–Kier alpha value is -1.26. The van der Waals surface area contributed by atoms with E-state index in [1.807, 2.05) is 7.05 Å². The Morgan fingerprint density at radius 2 is 1.70 bits per heavy atom. The van der Waals surface area contributed by atoms with Gasteiger partial charge in [0.25, 0.3) is 0 Å². The zero-order valence-electron chi connectivity index (χ0n) is 16.5. The number of halogens is 1. The average Bonchev–Trinajstić information content (AvgIpc) is 2.70. The maximum atomic E-state index is 12.3. The Labute approximate surface area is 168 Å².